The SMILES string of the molecule is Cc1c(Cc2ccccc2)c(=O)oc2c3c(ccc12)OCN(c1ccc(F)c(Cl)c1)C3. The van der Waals surface area contributed by atoms with E-state index in [4.69, 9.17) is 20.8 Å². The lowest BCUT2D eigenvalue weighted by Gasteiger charge is -2.31. The quantitative estimate of drug-likeness (QED) is 0.379. The fourth-order valence-corrected chi connectivity index (χ4v) is 4.19. The molecule has 0 N–H and O–H groups in total. The number of hydrogen-bond acceptors (Lipinski definition) is 4. The van der Waals surface area contributed by atoms with E-state index >= 15 is 0 Å². The molecular weight excluding hydrogens is 417 g/mol. The van der Waals surface area contributed by atoms with Gasteiger partial charge in [-0.05, 0) is 48.4 Å². The fourth-order valence-electron chi connectivity index (χ4n) is 4.01. The largest absolute Gasteiger partial charge is 0.473 e. The standard InChI is InChI=1S/C25H19ClFNO3/c1-15-18-8-10-23-20(13-28(14-30-23)17-7-9-22(27)21(26)12-17)24(18)31-25(29)19(15)11-16-5-3-2-4-6-16/h2-10,12H,11,13-14H2,1H3. The van der Waals surface area contributed by atoms with Crippen LogP contribution in [0.25, 0.3) is 11.0 Å². The van der Waals surface area contributed by atoms with Crippen LogP contribution in [0.4, 0.5) is 10.1 Å². The number of anilines is 1. The molecule has 0 aliphatic carbocycles. The molecule has 1 aliphatic rings. The lowest BCUT2D eigenvalue weighted by atomic mass is 9.97. The van der Waals surface area contributed by atoms with Crippen molar-refractivity contribution in [3.05, 3.63) is 104 Å². The van der Waals surface area contributed by atoms with Gasteiger partial charge in [-0.2, -0.15) is 0 Å². The third kappa shape index (κ3) is 3.55. The average molecular weight is 436 g/mol. The van der Waals surface area contributed by atoms with Crippen LogP contribution in [0.1, 0.15) is 22.3 Å². The molecule has 3 aromatic carbocycles. The summed E-state index contributed by atoms with van der Waals surface area (Å²) in [6, 6.07) is 18.2. The van der Waals surface area contributed by atoms with Gasteiger partial charge in [0.1, 0.15) is 17.1 Å². The summed E-state index contributed by atoms with van der Waals surface area (Å²) < 4.78 is 25.3. The van der Waals surface area contributed by atoms with Crippen LogP contribution in [0.3, 0.4) is 0 Å². The van der Waals surface area contributed by atoms with Crippen molar-refractivity contribution < 1.29 is 13.5 Å². The zero-order valence-corrected chi connectivity index (χ0v) is 17.6. The Balaban J connectivity index is 1.57. The predicted molar refractivity (Wildman–Crippen MR) is 120 cm³/mol. The summed E-state index contributed by atoms with van der Waals surface area (Å²) in [7, 11) is 0. The predicted octanol–water partition coefficient (Wildman–Crippen LogP) is 5.84. The van der Waals surface area contributed by atoms with Gasteiger partial charge in [0.05, 0.1) is 17.1 Å². The highest BCUT2D eigenvalue weighted by molar-refractivity contribution is 6.31. The van der Waals surface area contributed by atoms with E-state index in [1.54, 1.807) is 12.1 Å². The summed E-state index contributed by atoms with van der Waals surface area (Å²) in [4.78, 5) is 14.8. The second kappa shape index (κ2) is 7.75. The normalized spacial score (nSPS) is 13.2. The molecule has 0 spiro atoms. The number of halogens is 2. The van der Waals surface area contributed by atoms with Crippen molar-refractivity contribution in [3.63, 3.8) is 0 Å². The van der Waals surface area contributed by atoms with Crippen molar-refractivity contribution >= 4 is 28.3 Å². The zero-order chi connectivity index (χ0) is 21.5. The summed E-state index contributed by atoms with van der Waals surface area (Å²) in [5, 5.41) is 0.931. The van der Waals surface area contributed by atoms with Gasteiger partial charge in [-0.3, -0.25) is 0 Å². The molecule has 0 fully saturated rings. The molecule has 0 unspecified atom stereocenters. The minimum absolute atomic E-state index is 0.0501. The molecule has 0 atom stereocenters. The van der Waals surface area contributed by atoms with Gasteiger partial charge in [-0.25, -0.2) is 9.18 Å². The number of fused-ring (bicyclic) bond motifs is 3. The molecule has 5 rings (SSSR count). The Morgan fingerprint density at radius 1 is 1.10 bits per heavy atom. The van der Waals surface area contributed by atoms with Crippen LogP contribution in [-0.2, 0) is 13.0 Å². The molecule has 0 saturated heterocycles. The van der Waals surface area contributed by atoms with Crippen LogP contribution in [0.5, 0.6) is 5.75 Å². The lowest BCUT2D eigenvalue weighted by Crippen LogP contribution is -2.32. The maximum Gasteiger partial charge on any atom is 0.340 e. The first-order valence-corrected chi connectivity index (χ1v) is 10.3. The Morgan fingerprint density at radius 2 is 1.90 bits per heavy atom. The maximum absolute atomic E-state index is 13.6. The Labute approximate surface area is 183 Å². The van der Waals surface area contributed by atoms with Crippen molar-refractivity contribution in [3.8, 4) is 5.75 Å². The van der Waals surface area contributed by atoms with Crippen LogP contribution in [0.15, 0.2) is 69.9 Å². The van der Waals surface area contributed by atoms with E-state index in [-0.39, 0.29) is 17.4 Å². The topological polar surface area (TPSA) is 42.7 Å². The third-order valence-corrected chi connectivity index (χ3v) is 6.02. The van der Waals surface area contributed by atoms with Gasteiger partial charge in [0.25, 0.3) is 0 Å². The van der Waals surface area contributed by atoms with Gasteiger partial charge in [-0.1, -0.05) is 41.9 Å². The highest BCUT2D eigenvalue weighted by Crippen LogP contribution is 2.36. The summed E-state index contributed by atoms with van der Waals surface area (Å²) in [6.07, 6.45) is 0.513. The van der Waals surface area contributed by atoms with E-state index in [2.05, 4.69) is 0 Å². The molecule has 31 heavy (non-hydrogen) atoms. The zero-order valence-electron chi connectivity index (χ0n) is 16.8. The second-order valence-electron chi connectivity index (χ2n) is 7.64. The average Bonchev–Trinajstić information content (AvgIpc) is 2.79. The van der Waals surface area contributed by atoms with Crippen molar-refractivity contribution in [2.75, 3.05) is 11.6 Å². The number of benzene rings is 3. The number of nitrogens with zero attached hydrogens (tertiary/aromatic N) is 1. The maximum atomic E-state index is 13.6. The molecule has 6 heteroatoms. The van der Waals surface area contributed by atoms with Crippen LogP contribution >= 0.6 is 11.6 Å². The van der Waals surface area contributed by atoms with Crippen LogP contribution in [-0.4, -0.2) is 6.73 Å². The van der Waals surface area contributed by atoms with Gasteiger partial charge in [0, 0.05) is 23.1 Å². The molecule has 4 aromatic rings. The Morgan fingerprint density at radius 3 is 2.68 bits per heavy atom. The Hall–Kier alpha value is -3.31. The monoisotopic (exact) mass is 435 g/mol. The van der Waals surface area contributed by atoms with E-state index in [0.717, 1.165) is 27.8 Å². The van der Waals surface area contributed by atoms with Gasteiger partial charge >= 0.3 is 5.63 Å². The van der Waals surface area contributed by atoms with E-state index in [1.165, 1.54) is 6.07 Å². The summed E-state index contributed by atoms with van der Waals surface area (Å²) in [5.74, 6) is 0.206. The first-order valence-electron chi connectivity index (χ1n) is 9.96. The minimum Gasteiger partial charge on any atom is -0.473 e. The van der Waals surface area contributed by atoms with E-state index < -0.39 is 5.82 Å². The number of rotatable bonds is 3. The van der Waals surface area contributed by atoms with Crippen molar-refractivity contribution in [2.45, 2.75) is 19.9 Å². The van der Waals surface area contributed by atoms with E-state index in [1.807, 2.05) is 54.3 Å². The third-order valence-electron chi connectivity index (χ3n) is 5.73. The molecule has 1 aliphatic heterocycles. The number of hydrogen-bond donors (Lipinski definition) is 0. The molecule has 1 aromatic heterocycles. The highest BCUT2D eigenvalue weighted by atomic mass is 35.5. The van der Waals surface area contributed by atoms with Gasteiger partial charge < -0.3 is 14.1 Å². The smallest absolute Gasteiger partial charge is 0.340 e. The lowest BCUT2D eigenvalue weighted by molar-refractivity contribution is 0.289. The van der Waals surface area contributed by atoms with Gasteiger partial charge in [0.2, 0.25) is 0 Å². The molecule has 2 heterocycles. The van der Waals surface area contributed by atoms with Gasteiger partial charge in [0.15, 0.2) is 6.73 Å². The molecule has 0 saturated carbocycles. The molecule has 4 nitrogen and oxygen atoms in total. The van der Waals surface area contributed by atoms with E-state index in [0.29, 0.717) is 29.9 Å². The van der Waals surface area contributed by atoms with E-state index in [9.17, 15) is 9.18 Å². The molecule has 156 valence electrons. The Bertz CT molecular complexity index is 1350. The molecule has 0 radical (unpaired) electrons. The summed E-state index contributed by atoms with van der Waals surface area (Å²) in [5.41, 5.74) is 4.30. The Kier molecular flexibility index (Phi) is 4.91. The first-order chi connectivity index (χ1) is 15.0. The molecule has 0 bridgehead atoms. The second-order valence-corrected chi connectivity index (χ2v) is 8.05. The van der Waals surface area contributed by atoms with Crippen LogP contribution < -0.4 is 15.3 Å². The van der Waals surface area contributed by atoms with Crippen molar-refractivity contribution in [1.29, 1.82) is 0 Å². The van der Waals surface area contributed by atoms with Crippen LogP contribution in [0.2, 0.25) is 5.02 Å². The first kappa shape index (κ1) is 19.6. The van der Waals surface area contributed by atoms with Crippen LogP contribution in [0, 0.1) is 12.7 Å². The molecule has 0 amide bonds. The number of aryl methyl sites for hydroxylation is 1. The summed E-state index contributed by atoms with van der Waals surface area (Å²) in [6.45, 7) is 2.69. The van der Waals surface area contributed by atoms with Crippen molar-refractivity contribution in [2.24, 2.45) is 0 Å². The van der Waals surface area contributed by atoms with Crippen molar-refractivity contribution in [1.82, 2.24) is 0 Å². The summed E-state index contributed by atoms with van der Waals surface area (Å²) >= 11 is 5.95. The van der Waals surface area contributed by atoms with Gasteiger partial charge in [-0.15, -0.1) is 0 Å². The number of ether oxygens (including phenoxy) is 1. The fraction of sp³-hybridized carbons (Fsp3) is 0.160. The molecular formula is C25H19ClFNO3. The highest BCUT2D eigenvalue weighted by Gasteiger charge is 2.24. The minimum atomic E-state index is -0.471.